The van der Waals surface area contributed by atoms with E-state index in [4.69, 9.17) is 9.47 Å². The van der Waals surface area contributed by atoms with Crippen LogP contribution < -0.4 is 0 Å². The molecule has 0 spiro atoms. The van der Waals surface area contributed by atoms with E-state index in [0.717, 1.165) is 12.8 Å². The lowest BCUT2D eigenvalue weighted by Gasteiger charge is -2.16. The Morgan fingerprint density at radius 1 is 1.53 bits per heavy atom. The molecule has 3 unspecified atom stereocenters. The summed E-state index contributed by atoms with van der Waals surface area (Å²) in [6, 6.07) is 0. The molecule has 1 heterocycles. The first-order valence-electron chi connectivity index (χ1n) is 5.12. The van der Waals surface area contributed by atoms with Crippen LogP contribution in [0.25, 0.3) is 0 Å². The van der Waals surface area contributed by atoms with Crippen LogP contribution in [0.5, 0.6) is 0 Å². The van der Waals surface area contributed by atoms with Crippen LogP contribution in [0.15, 0.2) is 12.2 Å². The number of cyclic esters (lactones) is 1. The zero-order chi connectivity index (χ0) is 11.0. The topological polar surface area (TPSA) is 52.6 Å². The Bertz CT molecular complexity index is 321. The van der Waals surface area contributed by atoms with Crippen molar-refractivity contribution in [3.05, 3.63) is 12.2 Å². The van der Waals surface area contributed by atoms with Crippen molar-refractivity contribution >= 4 is 11.9 Å². The first-order valence-corrected chi connectivity index (χ1v) is 5.12. The van der Waals surface area contributed by atoms with Gasteiger partial charge in [0.25, 0.3) is 0 Å². The van der Waals surface area contributed by atoms with Crippen molar-refractivity contribution in [3.63, 3.8) is 0 Å². The van der Waals surface area contributed by atoms with E-state index in [2.05, 4.69) is 6.58 Å². The van der Waals surface area contributed by atoms with Crippen LogP contribution in [-0.4, -0.2) is 24.6 Å². The lowest BCUT2D eigenvalue weighted by atomic mass is 9.99. The van der Waals surface area contributed by atoms with E-state index in [9.17, 15) is 9.59 Å². The van der Waals surface area contributed by atoms with Gasteiger partial charge in [-0.15, -0.1) is 0 Å². The van der Waals surface area contributed by atoms with Gasteiger partial charge >= 0.3 is 11.9 Å². The maximum atomic E-state index is 11.3. The fraction of sp³-hybridized carbons (Fsp3) is 0.636. The van der Waals surface area contributed by atoms with E-state index in [1.54, 1.807) is 6.92 Å². The predicted molar refractivity (Wildman–Crippen MR) is 51.9 cm³/mol. The van der Waals surface area contributed by atoms with Crippen LogP contribution in [0.3, 0.4) is 0 Å². The Hall–Kier alpha value is -1.32. The average molecular weight is 210 g/mol. The van der Waals surface area contributed by atoms with Gasteiger partial charge < -0.3 is 9.47 Å². The van der Waals surface area contributed by atoms with Gasteiger partial charge in [0.05, 0.1) is 12.5 Å². The SMILES string of the molecule is C=C(C)C(=O)OC1CCC2C(=O)OCC12. The molecule has 0 bridgehead atoms. The first kappa shape index (κ1) is 10.2. The molecule has 2 aliphatic rings. The lowest BCUT2D eigenvalue weighted by molar-refractivity contribution is -0.146. The highest BCUT2D eigenvalue weighted by Crippen LogP contribution is 2.39. The Balaban J connectivity index is 1.98. The molecule has 1 aliphatic heterocycles. The van der Waals surface area contributed by atoms with Crippen molar-refractivity contribution in [2.75, 3.05) is 6.61 Å². The molecule has 0 aromatic rings. The molecule has 4 nitrogen and oxygen atoms in total. The second-order valence-electron chi connectivity index (χ2n) is 4.20. The van der Waals surface area contributed by atoms with Gasteiger partial charge in [-0.2, -0.15) is 0 Å². The summed E-state index contributed by atoms with van der Waals surface area (Å²) in [7, 11) is 0. The molecule has 0 aromatic carbocycles. The van der Waals surface area contributed by atoms with Gasteiger partial charge in [-0.1, -0.05) is 6.58 Å². The molecule has 0 radical (unpaired) electrons. The van der Waals surface area contributed by atoms with Gasteiger partial charge in [0, 0.05) is 11.5 Å². The monoisotopic (exact) mass is 210 g/mol. The second kappa shape index (κ2) is 3.68. The highest BCUT2D eigenvalue weighted by molar-refractivity contribution is 5.87. The van der Waals surface area contributed by atoms with Crippen LogP contribution in [0.4, 0.5) is 0 Å². The van der Waals surface area contributed by atoms with E-state index >= 15 is 0 Å². The van der Waals surface area contributed by atoms with Gasteiger partial charge in [0.2, 0.25) is 0 Å². The minimum atomic E-state index is -0.375. The Labute approximate surface area is 88.2 Å². The van der Waals surface area contributed by atoms with Crippen molar-refractivity contribution in [3.8, 4) is 0 Å². The standard InChI is InChI=1S/C11H14O4/c1-6(2)10(12)15-9-4-3-7-8(9)5-14-11(7)13/h7-9H,1,3-5H2,2H3. The largest absolute Gasteiger partial charge is 0.465 e. The quantitative estimate of drug-likeness (QED) is 0.505. The number of fused-ring (bicyclic) bond motifs is 1. The van der Waals surface area contributed by atoms with E-state index in [-0.39, 0.29) is 29.9 Å². The van der Waals surface area contributed by atoms with Crippen LogP contribution in [-0.2, 0) is 19.1 Å². The molecule has 0 aromatic heterocycles. The van der Waals surface area contributed by atoms with E-state index in [0.29, 0.717) is 12.2 Å². The van der Waals surface area contributed by atoms with Gasteiger partial charge in [-0.05, 0) is 19.8 Å². The fourth-order valence-electron chi connectivity index (χ4n) is 2.22. The zero-order valence-corrected chi connectivity index (χ0v) is 8.69. The molecule has 3 atom stereocenters. The molecule has 1 saturated carbocycles. The van der Waals surface area contributed by atoms with Gasteiger partial charge in [-0.25, -0.2) is 4.79 Å². The van der Waals surface area contributed by atoms with Gasteiger partial charge in [0.15, 0.2) is 0 Å². The summed E-state index contributed by atoms with van der Waals surface area (Å²) in [4.78, 5) is 22.6. The fourth-order valence-corrected chi connectivity index (χ4v) is 2.22. The van der Waals surface area contributed by atoms with Crippen molar-refractivity contribution in [1.82, 2.24) is 0 Å². The third-order valence-corrected chi connectivity index (χ3v) is 3.08. The van der Waals surface area contributed by atoms with Gasteiger partial charge in [0.1, 0.15) is 6.10 Å². The number of carbonyl (C=O) groups excluding carboxylic acids is 2. The summed E-state index contributed by atoms with van der Waals surface area (Å²) < 4.78 is 10.2. The molecule has 1 saturated heterocycles. The zero-order valence-electron chi connectivity index (χ0n) is 8.69. The minimum Gasteiger partial charge on any atom is -0.465 e. The maximum Gasteiger partial charge on any atom is 0.333 e. The lowest BCUT2D eigenvalue weighted by Crippen LogP contribution is -2.25. The maximum absolute atomic E-state index is 11.3. The molecule has 2 fully saturated rings. The number of rotatable bonds is 2. The summed E-state index contributed by atoms with van der Waals surface area (Å²) >= 11 is 0. The molecule has 2 rings (SSSR count). The average Bonchev–Trinajstić information content (AvgIpc) is 2.71. The predicted octanol–water partition coefficient (Wildman–Crippen LogP) is 1.06. The minimum absolute atomic E-state index is 0.0563. The number of carbonyl (C=O) groups is 2. The summed E-state index contributed by atoms with van der Waals surface area (Å²) in [6.07, 6.45) is 1.34. The van der Waals surface area contributed by atoms with Crippen molar-refractivity contribution in [2.24, 2.45) is 11.8 Å². The van der Waals surface area contributed by atoms with Crippen LogP contribution >= 0.6 is 0 Å². The normalized spacial score (nSPS) is 33.4. The van der Waals surface area contributed by atoms with Crippen LogP contribution in [0.2, 0.25) is 0 Å². The smallest absolute Gasteiger partial charge is 0.333 e. The Morgan fingerprint density at radius 2 is 2.27 bits per heavy atom. The highest BCUT2D eigenvalue weighted by Gasteiger charge is 2.48. The molecule has 1 aliphatic carbocycles. The summed E-state index contributed by atoms with van der Waals surface area (Å²) in [5.74, 6) is -0.525. The van der Waals surface area contributed by atoms with Gasteiger partial charge in [-0.3, -0.25) is 4.79 Å². The van der Waals surface area contributed by atoms with E-state index < -0.39 is 0 Å². The Morgan fingerprint density at radius 3 is 2.93 bits per heavy atom. The number of hydrogen-bond donors (Lipinski definition) is 0. The number of hydrogen-bond acceptors (Lipinski definition) is 4. The number of esters is 2. The van der Waals surface area contributed by atoms with Crippen LogP contribution in [0, 0.1) is 11.8 Å². The summed E-state index contributed by atoms with van der Waals surface area (Å²) in [6.45, 7) is 5.53. The molecular weight excluding hydrogens is 196 g/mol. The molecule has 0 N–H and O–H groups in total. The first-order chi connectivity index (χ1) is 7.09. The Kier molecular flexibility index (Phi) is 2.50. The molecule has 82 valence electrons. The van der Waals surface area contributed by atoms with Crippen molar-refractivity contribution in [1.29, 1.82) is 0 Å². The molecule has 15 heavy (non-hydrogen) atoms. The second-order valence-corrected chi connectivity index (χ2v) is 4.20. The number of ether oxygens (including phenoxy) is 2. The third kappa shape index (κ3) is 1.76. The third-order valence-electron chi connectivity index (χ3n) is 3.08. The van der Waals surface area contributed by atoms with Crippen LogP contribution in [0.1, 0.15) is 19.8 Å². The van der Waals surface area contributed by atoms with Crippen molar-refractivity contribution < 1.29 is 19.1 Å². The summed E-state index contributed by atoms with van der Waals surface area (Å²) in [5, 5.41) is 0. The molecular formula is C11H14O4. The molecule has 0 amide bonds. The molecule has 4 heteroatoms. The summed E-state index contributed by atoms with van der Waals surface area (Å²) in [5.41, 5.74) is 0.392. The van der Waals surface area contributed by atoms with Crippen molar-refractivity contribution in [2.45, 2.75) is 25.9 Å². The van der Waals surface area contributed by atoms with E-state index in [1.165, 1.54) is 0 Å². The highest BCUT2D eigenvalue weighted by atomic mass is 16.6. The van der Waals surface area contributed by atoms with E-state index in [1.807, 2.05) is 0 Å².